The van der Waals surface area contributed by atoms with Gasteiger partial charge in [0, 0.05) is 11.3 Å². The van der Waals surface area contributed by atoms with E-state index in [9.17, 15) is 0 Å². The van der Waals surface area contributed by atoms with Gasteiger partial charge in [-0.05, 0) is 49.5 Å². The Morgan fingerprint density at radius 1 is 1.08 bits per heavy atom. The number of ether oxygens (including phenoxy) is 2. The summed E-state index contributed by atoms with van der Waals surface area (Å²) in [6.45, 7) is 7.51. The number of anilines is 1. The van der Waals surface area contributed by atoms with E-state index >= 15 is 0 Å². The second kappa shape index (κ2) is 7.51. The van der Waals surface area contributed by atoms with Crippen LogP contribution in [-0.4, -0.2) is 43.0 Å². The van der Waals surface area contributed by atoms with E-state index < -0.39 is 0 Å². The highest BCUT2D eigenvalue weighted by Crippen LogP contribution is 2.32. The molecule has 2 aliphatic rings. The third-order valence-electron chi connectivity index (χ3n) is 4.95. The monoisotopic (exact) mass is 370 g/mol. The second-order valence-electron chi connectivity index (χ2n) is 6.90. The molecule has 0 amide bonds. The fourth-order valence-corrected chi connectivity index (χ4v) is 3.68. The van der Waals surface area contributed by atoms with Gasteiger partial charge in [0.05, 0.1) is 26.2 Å². The average molecular weight is 370 g/mol. The van der Waals surface area contributed by atoms with Crippen LogP contribution in [0.4, 0.5) is 5.69 Å². The smallest absolute Gasteiger partial charge is 0.231 e. The van der Waals surface area contributed by atoms with Crippen LogP contribution < -0.4 is 19.7 Å². The molecule has 0 atom stereocenters. The van der Waals surface area contributed by atoms with Gasteiger partial charge >= 0.3 is 0 Å². The fraction of sp³-hybridized carbons (Fsp3) is 0.350. The van der Waals surface area contributed by atoms with Crippen molar-refractivity contribution >= 4 is 23.0 Å². The molecule has 0 spiro atoms. The van der Waals surface area contributed by atoms with Crippen molar-refractivity contribution in [1.82, 2.24) is 4.90 Å². The Bertz CT molecular complexity index is 786. The molecule has 0 aromatic heterocycles. The third-order valence-corrected chi connectivity index (χ3v) is 5.31. The first-order valence-corrected chi connectivity index (χ1v) is 9.43. The van der Waals surface area contributed by atoms with Gasteiger partial charge in [-0.3, -0.25) is 0 Å². The first-order chi connectivity index (χ1) is 12.7. The summed E-state index contributed by atoms with van der Waals surface area (Å²) in [5.41, 5.74) is 3.59. The molecule has 2 aromatic carbocycles. The number of aryl methyl sites for hydroxylation is 1. The molecule has 2 heterocycles. The Labute approximate surface area is 159 Å². The summed E-state index contributed by atoms with van der Waals surface area (Å²) in [7, 11) is 0. The minimum absolute atomic E-state index is 0.329. The predicted molar refractivity (Wildman–Crippen MR) is 106 cm³/mol. The molecular weight excluding hydrogens is 346 g/mol. The molecule has 0 radical (unpaired) electrons. The maximum atomic E-state index is 5.59. The number of hydrogen-bond acceptors (Lipinski definition) is 3. The van der Waals surface area contributed by atoms with Crippen molar-refractivity contribution in [1.29, 1.82) is 0 Å². The number of thiocarbonyl (C=S) groups is 1. The molecule has 5 nitrogen and oxygen atoms in total. The molecule has 26 heavy (non-hydrogen) atoms. The topological polar surface area (TPSA) is 38.2 Å². The van der Waals surface area contributed by atoms with E-state index in [1.54, 1.807) is 4.90 Å². The SMILES string of the molecule is Cc1ccc(NC(=S)N2CC[NH+](Cc3ccc4c(c3)OCO4)CC2)cc1. The zero-order valence-corrected chi connectivity index (χ0v) is 15.8. The molecular formula is C20H24N3O2S+. The lowest BCUT2D eigenvalue weighted by molar-refractivity contribution is -0.917. The Morgan fingerprint density at radius 3 is 2.58 bits per heavy atom. The van der Waals surface area contributed by atoms with Gasteiger partial charge in [0.1, 0.15) is 6.54 Å². The van der Waals surface area contributed by atoms with Crippen molar-refractivity contribution in [2.24, 2.45) is 0 Å². The molecule has 1 fully saturated rings. The Kier molecular flexibility index (Phi) is 4.95. The summed E-state index contributed by atoms with van der Waals surface area (Å²) in [6, 6.07) is 14.6. The van der Waals surface area contributed by atoms with Crippen LogP contribution in [0.2, 0.25) is 0 Å². The van der Waals surface area contributed by atoms with Crippen LogP contribution in [-0.2, 0) is 6.54 Å². The van der Waals surface area contributed by atoms with Gasteiger partial charge in [-0.2, -0.15) is 0 Å². The lowest BCUT2D eigenvalue weighted by Crippen LogP contribution is -3.13. The number of hydrogen-bond donors (Lipinski definition) is 2. The predicted octanol–water partition coefficient (Wildman–Crippen LogP) is 1.82. The summed E-state index contributed by atoms with van der Waals surface area (Å²) >= 11 is 5.59. The van der Waals surface area contributed by atoms with Crippen molar-refractivity contribution in [2.75, 3.05) is 38.3 Å². The van der Waals surface area contributed by atoms with E-state index in [1.807, 2.05) is 6.07 Å². The Balaban J connectivity index is 1.28. The number of benzene rings is 2. The van der Waals surface area contributed by atoms with Gasteiger partial charge in [0.15, 0.2) is 16.6 Å². The molecule has 0 saturated carbocycles. The maximum absolute atomic E-state index is 5.59. The van der Waals surface area contributed by atoms with E-state index in [0.29, 0.717) is 6.79 Å². The largest absolute Gasteiger partial charge is 0.454 e. The summed E-state index contributed by atoms with van der Waals surface area (Å²) in [5.74, 6) is 1.71. The van der Waals surface area contributed by atoms with Crippen molar-refractivity contribution in [2.45, 2.75) is 13.5 Å². The average Bonchev–Trinajstić information content (AvgIpc) is 3.12. The Hall–Kier alpha value is -2.31. The van der Waals surface area contributed by atoms with E-state index in [1.165, 1.54) is 11.1 Å². The van der Waals surface area contributed by atoms with Crippen LogP contribution in [0.3, 0.4) is 0 Å². The van der Waals surface area contributed by atoms with Crippen molar-refractivity contribution in [3.05, 3.63) is 53.6 Å². The number of nitrogens with one attached hydrogen (secondary N) is 2. The summed E-state index contributed by atoms with van der Waals surface area (Å²) in [4.78, 5) is 3.83. The molecule has 2 aromatic rings. The zero-order valence-electron chi connectivity index (χ0n) is 15.0. The van der Waals surface area contributed by atoms with Crippen LogP contribution >= 0.6 is 12.2 Å². The van der Waals surface area contributed by atoms with Gasteiger partial charge in [-0.1, -0.05) is 17.7 Å². The van der Waals surface area contributed by atoms with Gasteiger partial charge in [-0.15, -0.1) is 0 Å². The molecule has 6 heteroatoms. The van der Waals surface area contributed by atoms with Crippen LogP contribution in [0.5, 0.6) is 11.5 Å². The van der Waals surface area contributed by atoms with Gasteiger partial charge in [-0.25, -0.2) is 0 Å². The van der Waals surface area contributed by atoms with Crippen LogP contribution in [0, 0.1) is 6.92 Å². The minimum Gasteiger partial charge on any atom is -0.454 e. The van der Waals surface area contributed by atoms with Gasteiger partial charge in [0.2, 0.25) is 6.79 Å². The van der Waals surface area contributed by atoms with E-state index in [4.69, 9.17) is 21.7 Å². The quantitative estimate of drug-likeness (QED) is 0.807. The van der Waals surface area contributed by atoms with Crippen molar-refractivity contribution in [3.8, 4) is 11.5 Å². The van der Waals surface area contributed by atoms with Crippen LogP contribution in [0.25, 0.3) is 0 Å². The van der Waals surface area contributed by atoms with E-state index in [-0.39, 0.29) is 0 Å². The number of fused-ring (bicyclic) bond motifs is 1. The molecule has 2 N–H and O–H groups in total. The number of rotatable bonds is 3. The van der Waals surface area contributed by atoms with Gasteiger partial charge in [0.25, 0.3) is 0 Å². The highest BCUT2D eigenvalue weighted by atomic mass is 32.1. The van der Waals surface area contributed by atoms with Gasteiger partial charge < -0.3 is 24.6 Å². The molecule has 136 valence electrons. The zero-order chi connectivity index (χ0) is 17.9. The molecule has 4 rings (SSSR count). The first-order valence-electron chi connectivity index (χ1n) is 9.02. The van der Waals surface area contributed by atoms with Crippen LogP contribution in [0.15, 0.2) is 42.5 Å². The number of quaternary nitrogens is 1. The van der Waals surface area contributed by atoms with Crippen LogP contribution in [0.1, 0.15) is 11.1 Å². The summed E-state index contributed by atoms with van der Waals surface area (Å²) in [6.07, 6.45) is 0. The highest BCUT2D eigenvalue weighted by Gasteiger charge is 2.23. The normalized spacial score (nSPS) is 16.6. The lowest BCUT2D eigenvalue weighted by atomic mass is 10.1. The maximum Gasteiger partial charge on any atom is 0.231 e. The summed E-state index contributed by atoms with van der Waals surface area (Å²) < 4.78 is 10.9. The Morgan fingerprint density at radius 2 is 1.81 bits per heavy atom. The van der Waals surface area contributed by atoms with E-state index in [2.05, 4.69) is 53.5 Å². The lowest BCUT2D eigenvalue weighted by Gasteiger charge is -2.34. The number of nitrogens with zero attached hydrogens (tertiary/aromatic N) is 1. The first kappa shape index (κ1) is 17.1. The van der Waals surface area contributed by atoms with Crippen molar-refractivity contribution < 1.29 is 14.4 Å². The van der Waals surface area contributed by atoms with Crippen molar-refractivity contribution in [3.63, 3.8) is 0 Å². The second-order valence-corrected chi connectivity index (χ2v) is 7.28. The molecule has 0 unspecified atom stereocenters. The number of piperazine rings is 1. The summed E-state index contributed by atoms with van der Waals surface area (Å²) in [5, 5.41) is 4.17. The standard InChI is InChI=1S/C20H23N3O2S/c1-15-2-5-17(6-3-15)21-20(26)23-10-8-22(9-11-23)13-16-4-7-18-19(12-16)25-14-24-18/h2-7,12H,8-11,13-14H2,1H3,(H,21,26)/p+1. The molecule has 0 aliphatic carbocycles. The fourth-order valence-electron chi connectivity index (χ4n) is 3.38. The minimum atomic E-state index is 0.329. The highest BCUT2D eigenvalue weighted by molar-refractivity contribution is 7.80. The molecule has 1 saturated heterocycles. The molecule has 2 aliphatic heterocycles. The third kappa shape index (κ3) is 3.92. The molecule has 0 bridgehead atoms. The van der Waals surface area contributed by atoms with E-state index in [0.717, 1.165) is 55.0 Å².